The quantitative estimate of drug-likeness (QED) is 0.708. The number of amides is 2. The number of thioether (sulfide) groups is 1. The van der Waals surface area contributed by atoms with E-state index in [1.807, 2.05) is 36.4 Å². The van der Waals surface area contributed by atoms with Crippen molar-refractivity contribution < 1.29 is 19.1 Å². The number of nitrogens with zero attached hydrogens (tertiary/aromatic N) is 1. The molecule has 7 heteroatoms. The van der Waals surface area contributed by atoms with Gasteiger partial charge in [0.2, 0.25) is 11.8 Å². The topological polar surface area (TPSA) is 75.7 Å². The van der Waals surface area contributed by atoms with Gasteiger partial charge in [0, 0.05) is 36.6 Å². The Bertz CT molecular complexity index is 883. The number of anilines is 1. The zero-order valence-corrected chi connectivity index (χ0v) is 17.2. The summed E-state index contributed by atoms with van der Waals surface area (Å²) in [6.45, 7) is 1.15. The summed E-state index contributed by atoms with van der Waals surface area (Å²) in [5, 5.41) is 2.85. The Morgan fingerprint density at radius 1 is 1.07 bits per heavy atom. The molecule has 0 aromatic heterocycles. The van der Waals surface area contributed by atoms with Crippen LogP contribution in [0.2, 0.25) is 0 Å². The van der Waals surface area contributed by atoms with Crippen LogP contribution in [0.4, 0.5) is 5.69 Å². The smallest absolute Gasteiger partial charge is 0.337 e. The molecule has 0 atom stereocenters. The van der Waals surface area contributed by atoms with Gasteiger partial charge in [-0.05, 0) is 36.2 Å². The van der Waals surface area contributed by atoms with Gasteiger partial charge in [-0.3, -0.25) is 9.59 Å². The van der Waals surface area contributed by atoms with Crippen molar-refractivity contribution in [3.63, 3.8) is 0 Å². The average molecular weight is 413 g/mol. The molecule has 2 aromatic rings. The molecule has 3 rings (SSSR count). The lowest BCUT2D eigenvalue weighted by atomic mass is 10.1. The van der Waals surface area contributed by atoms with Crippen molar-refractivity contribution in [2.24, 2.45) is 0 Å². The lowest BCUT2D eigenvalue weighted by Gasteiger charge is -2.29. The third-order valence-electron chi connectivity index (χ3n) is 4.71. The van der Waals surface area contributed by atoms with E-state index in [1.165, 1.54) is 7.11 Å². The summed E-state index contributed by atoms with van der Waals surface area (Å²) in [6.07, 6.45) is 1.02. The number of nitrogens with one attached hydrogen (secondary N) is 1. The van der Waals surface area contributed by atoms with E-state index in [0.717, 1.165) is 21.9 Å². The Morgan fingerprint density at radius 3 is 2.59 bits per heavy atom. The number of para-hydroxylation sites is 1. The maximum Gasteiger partial charge on any atom is 0.337 e. The van der Waals surface area contributed by atoms with Crippen LogP contribution in [0.3, 0.4) is 0 Å². The Kier molecular flexibility index (Phi) is 7.30. The second-order valence-electron chi connectivity index (χ2n) is 6.65. The molecular formula is C22H24N2O4S. The first kappa shape index (κ1) is 20.9. The molecule has 1 heterocycles. The van der Waals surface area contributed by atoms with Crippen molar-refractivity contribution in [2.75, 3.05) is 30.9 Å². The SMILES string of the molecule is COC(=O)c1ccc(CCNC(=O)CCC(=O)N2CCSc3ccccc32)cc1. The van der Waals surface area contributed by atoms with Gasteiger partial charge in [-0.25, -0.2) is 4.79 Å². The van der Waals surface area contributed by atoms with Gasteiger partial charge >= 0.3 is 5.97 Å². The number of benzene rings is 2. The number of esters is 1. The molecule has 2 amide bonds. The Morgan fingerprint density at radius 2 is 1.83 bits per heavy atom. The number of fused-ring (bicyclic) bond motifs is 1. The van der Waals surface area contributed by atoms with Gasteiger partial charge in [0.15, 0.2) is 0 Å². The van der Waals surface area contributed by atoms with Crippen molar-refractivity contribution in [3.8, 4) is 0 Å². The first-order valence-corrected chi connectivity index (χ1v) is 10.5. The molecular weight excluding hydrogens is 388 g/mol. The van der Waals surface area contributed by atoms with Gasteiger partial charge in [0.1, 0.15) is 0 Å². The number of carbonyl (C=O) groups is 3. The third-order valence-corrected chi connectivity index (χ3v) is 5.75. The van der Waals surface area contributed by atoms with Crippen LogP contribution in [0.5, 0.6) is 0 Å². The normalized spacial score (nSPS) is 12.8. The van der Waals surface area contributed by atoms with E-state index in [4.69, 9.17) is 0 Å². The minimum absolute atomic E-state index is 0.0219. The van der Waals surface area contributed by atoms with Crippen molar-refractivity contribution in [2.45, 2.75) is 24.2 Å². The summed E-state index contributed by atoms with van der Waals surface area (Å²) in [5.74, 6) is 0.337. The van der Waals surface area contributed by atoms with Crippen molar-refractivity contribution in [1.29, 1.82) is 0 Å². The monoisotopic (exact) mass is 412 g/mol. The second-order valence-corrected chi connectivity index (χ2v) is 7.79. The summed E-state index contributed by atoms with van der Waals surface area (Å²) in [7, 11) is 1.35. The van der Waals surface area contributed by atoms with Crippen molar-refractivity contribution in [1.82, 2.24) is 5.32 Å². The molecule has 0 saturated heterocycles. The van der Waals surface area contributed by atoms with Crippen LogP contribution in [0, 0.1) is 0 Å². The largest absolute Gasteiger partial charge is 0.465 e. The number of ether oxygens (including phenoxy) is 1. The zero-order valence-electron chi connectivity index (χ0n) is 16.3. The molecule has 0 bridgehead atoms. The average Bonchev–Trinajstić information content (AvgIpc) is 2.77. The molecule has 1 N–H and O–H groups in total. The summed E-state index contributed by atoms with van der Waals surface area (Å²) < 4.78 is 4.67. The highest BCUT2D eigenvalue weighted by molar-refractivity contribution is 7.99. The van der Waals surface area contributed by atoms with Gasteiger partial charge < -0.3 is 15.0 Å². The van der Waals surface area contributed by atoms with Crippen molar-refractivity contribution >= 4 is 35.2 Å². The number of hydrogen-bond acceptors (Lipinski definition) is 5. The molecule has 0 spiro atoms. The Balaban J connectivity index is 1.41. The number of rotatable bonds is 7. The summed E-state index contributed by atoms with van der Waals surface area (Å²) in [6, 6.07) is 15.0. The number of hydrogen-bond donors (Lipinski definition) is 1. The molecule has 1 aliphatic heterocycles. The highest BCUT2D eigenvalue weighted by atomic mass is 32.2. The molecule has 2 aromatic carbocycles. The van der Waals surface area contributed by atoms with Crippen LogP contribution >= 0.6 is 11.8 Å². The van der Waals surface area contributed by atoms with E-state index in [0.29, 0.717) is 25.1 Å². The van der Waals surface area contributed by atoms with E-state index < -0.39 is 0 Å². The van der Waals surface area contributed by atoms with Crippen LogP contribution in [-0.4, -0.2) is 43.7 Å². The predicted molar refractivity (Wildman–Crippen MR) is 113 cm³/mol. The maximum atomic E-state index is 12.6. The minimum Gasteiger partial charge on any atom is -0.465 e. The predicted octanol–water partition coefficient (Wildman–Crippen LogP) is 3.05. The van der Waals surface area contributed by atoms with Gasteiger partial charge in [0.05, 0.1) is 18.4 Å². The molecule has 6 nitrogen and oxygen atoms in total. The van der Waals surface area contributed by atoms with Crippen LogP contribution in [0.15, 0.2) is 53.4 Å². The van der Waals surface area contributed by atoms with Crippen LogP contribution in [0.25, 0.3) is 0 Å². The van der Waals surface area contributed by atoms with Crippen LogP contribution < -0.4 is 10.2 Å². The van der Waals surface area contributed by atoms with Crippen LogP contribution in [-0.2, 0) is 20.7 Å². The summed E-state index contributed by atoms with van der Waals surface area (Å²) in [4.78, 5) is 39.0. The van der Waals surface area contributed by atoms with Gasteiger partial charge in [-0.1, -0.05) is 24.3 Å². The molecule has 0 saturated carbocycles. The standard InChI is InChI=1S/C22H24N2O4S/c1-28-22(27)17-8-6-16(7-9-17)12-13-23-20(25)10-11-21(26)24-14-15-29-19-5-3-2-4-18(19)24/h2-9H,10-15H2,1H3,(H,23,25). The molecule has 0 fully saturated rings. The lowest BCUT2D eigenvalue weighted by molar-refractivity contribution is -0.125. The third kappa shape index (κ3) is 5.60. The fraction of sp³-hybridized carbons (Fsp3) is 0.318. The van der Waals surface area contributed by atoms with E-state index >= 15 is 0 Å². The van der Waals surface area contributed by atoms with E-state index in [-0.39, 0.29) is 30.6 Å². The molecule has 152 valence electrons. The molecule has 0 radical (unpaired) electrons. The highest BCUT2D eigenvalue weighted by Crippen LogP contribution is 2.34. The maximum absolute atomic E-state index is 12.6. The van der Waals surface area contributed by atoms with E-state index in [1.54, 1.807) is 28.8 Å². The fourth-order valence-corrected chi connectivity index (χ4v) is 4.14. The second kappa shape index (κ2) is 10.1. The molecule has 0 unspecified atom stereocenters. The fourth-order valence-electron chi connectivity index (χ4n) is 3.14. The first-order valence-electron chi connectivity index (χ1n) is 9.54. The van der Waals surface area contributed by atoms with Gasteiger partial charge in [-0.15, -0.1) is 11.8 Å². The number of methoxy groups -OCH3 is 1. The number of carbonyl (C=O) groups excluding carboxylic acids is 3. The molecule has 0 aliphatic carbocycles. The summed E-state index contributed by atoms with van der Waals surface area (Å²) in [5.41, 5.74) is 2.44. The van der Waals surface area contributed by atoms with Gasteiger partial charge in [0.25, 0.3) is 0 Å². The Labute approximate surface area is 174 Å². The molecule has 1 aliphatic rings. The van der Waals surface area contributed by atoms with Crippen LogP contribution in [0.1, 0.15) is 28.8 Å². The van der Waals surface area contributed by atoms with E-state index in [2.05, 4.69) is 10.1 Å². The minimum atomic E-state index is -0.371. The van der Waals surface area contributed by atoms with E-state index in [9.17, 15) is 14.4 Å². The molecule has 29 heavy (non-hydrogen) atoms. The summed E-state index contributed by atoms with van der Waals surface area (Å²) >= 11 is 1.75. The van der Waals surface area contributed by atoms with Gasteiger partial charge in [-0.2, -0.15) is 0 Å². The highest BCUT2D eigenvalue weighted by Gasteiger charge is 2.22. The Hall–Kier alpha value is -2.80. The van der Waals surface area contributed by atoms with Crippen molar-refractivity contribution in [3.05, 3.63) is 59.7 Å². The lowest BCUT2D eigenvalue weighted by Crippen LogP contribution is -2.36. The zero-order chi connectivity index (χ0) is 20.6. The first-order chi connectivity index (χ1) is 14.1.